The third-order valence-electron chi connectivity index (χ3n) is 2.91. The summed E-state index contributed by atoms with van der Waals surface area (Å²) in [7, 11) is 3.20. The average Bonchev–Trinajstić information content (AvgIpc) is 2.80. The van der Waals surface area contributed by atoms with Crippen LogP contribution in [0, 0.1) is 0 Å². The van der Waals surface area contributed by atoms with Gasteiger partial charge in [0.1, 0.15) is 17.4 Å². The first-order valence-corrected chi connectivity index (χ1v) is 5.86. The van der Waals surface area contributed by atoms with Crippen molar-refractivity contribution in [1.29, 1.82) is 0 Å². The van der Waals surface area contributed by atoms with E-state index in [1.807, 2.05) is 12.1 Å². The van der Waals surface area contributed by atoms with Crippen LogP contribution in [0.15, 0.2) is 12.1 Å². The van der Waals surface area contributed by atoms with Crippen molar-refractivity contribution >= 4 is 23.2 Å². The number of alkyl halides is 1. The SMILES string of the molecule is COc1cc(OC)c2c(c1)N(C(=O)CCl)CC2. The molecule has 1 amide bonds. The van der Waals surface area contributed by atoms with Crippen LogP contribution in [-0.2, 0) is 11.2 Å². The molecule has 0 fully saturated rings. The molecule has 1 heterocycles. The van der Waals surface area contributed by atoms with Gasteiger partial charge in [-0.05, 0) is 6.42 Å². The highest BCUT2D eigenvalue weighted by molar-refractivity contribution is 6.29. The van der Waals surface area contributed by atoms with Gasteiger partial charge in [-0.15, -0.1) is 11.6 Å². The lowest BCUT2D eigenvalue weighted by atomic mass is 10.1. The molecular weight excluding hydrogens is 242 g/mol. The van der Waals surface area contributed by atoms with Gasteiger partial charge in [0.2, 0.25) is 5.91 Å². The smallest absolute Gasteiger partial charge is 0.241 e. The average molecular weight is 256 g/mol. The molecule has 17 heavy (non-hydrogen) atoms. The molecule has 0 N–H and O–H groups in total. The molecule has 4 nitrogen and oxygen atoms in total. The molecule has 0 aliphatic carbocycles. The number of fused-ring (bicyclic) bond motifs is 1. The highest BCUT2D eigenvalue weighted by Crippen LogP contribution is 2.39. The van der Waals surface area contributed by atoms with Crippen LogP contribution in [0.1, 0.15) is 5.56 Å². The Hall–Kier alpha value is -1.42. The van der Waals surface area contributed by atoms with Crippen molar-refractivity contribution in [3.63, 3.8) is 0 Å². The Bertz CT molecular complexity index is 448. The fourth-order valence-electron chi connectivity index (χ4n) is 2.07. The Morgan fingerprint density at radius 2 is 2.18 bits per heavy atom. The van der Waals surface area contributed by atoms with Gasteiger partial charge < -0.3 is 14.4 Å². The lowest BCUT2D eigenvalue weighted by molar-refractivity contribution is -0.116. The van der Waals surface area contributed by atoms with Gasteiger partial charge in [0.15, 0.2) is 0 Å². The summed E-state index contributed by atoms with van der Waals surface area (Å²) in [5.41, 5.74) is 1.87. The number of hydrogen-bond acceptors (Lipinski definition) is 3. The van der Waals surface area contributed by atoms with Gasteiger partial charge >= 0.3 is 0 Å². The lowest BCUT2D eigenvalue weighted by Gasteiger charge is -2.17. The first-order chi connectivity index (χ1) is 8.21. The van der Waals surface area contributed by atoms with Crippen molar-refractivity contribution in [2.75, 3.05) is 31.5 Å². The van der Waals surface area contributed by atoms with Gasteiger partial charge in [-0.25, -0.2) is 0 Å². The third kappa shape index (κ3) is 2.05. The number of nitrogens with zero attached hydrogens (tertiary/aromatic N) is 1. The predicted molar refractivity (Wildman–Crippen MR) is 66.3 cm³/mol. The molecule has 0 saturated heterocycles. The molecule has 0 unspecified atom stereocenters. The summed E-state index contributed by atoms with van der Waals surface area (Å²) < 4.78 is 10.5. The molecule has 5 heteroatoms. The number of amides is 1. The topological polar surface area (TPSA) is 38.8 Å². The van der Waals surface area contributed by atoms with E-state index in [0.29, 0.717) is 12.3 Å². The number of anilines is 1. The molecule has 1 aromatic rings. The van der Waals surface area contributed by atoms with E-state index in [1.165, 1.54) is 0 Å². The number of carbonyl (C=O) groups excluding carboxylic acids is 1. The van der Waals surface area contributed by atoms with Crippen LogP contribution in [0.5, 0.6) is 11.5 Å². The number of carbonyl (C=O) groups is 1. The zero-order valence-corrected chi connectivity index (χ0v) is 10.6. The second-order valence-electron chi connectivity index (χ2n) is 3.76. The normalized spacial score (nSPS) is 13.5. The van der Waals surface area contributed by atoms with Crippen LogP contribution < -0.4 is 14.4 Å². The minimum Gasteiger partial charge on any atom is -0.497 e. The molecule has 0 spiro atoms. The standard InChI is InChI=1S/C12H14ClNO3/c1-16-8-5-10-9(11(6-8)17-2)3-4-14(10)12(15)7-13/h5-6H,3-4,7H2,1-2H3. The summed E-state index contributed by atoms with van der Waals surface area (Å²) in [6.07, 6.45) is 0.783. The van der Waals surface area contributed by atoms with Crippen molar-refractivity contribution in [3.8, 4) is 11.5 Å². The molecule has 2 rings (SSSR count). The summed E-state index contributed by atoms with van der Waals surface area (Å²) in [6, 6.07) is 3.67. The summed E-state index contributed by atoms with van der Waals surface area (Å²) in [5, 5.41) is 0. The molecule has 0 saturated carbocycles. The number of rotatable bonds is 3. The van der Waals surface area contributed by atoms with Crippen molar-refractivity contribution < 1.29 is 14.3 Å². The van der Waals surface area contributed by atoms with E-state index in [9.17, 15) is 4.79 Å². The van der Waals surface area contributed by atoms with Crippen molar-refractivity contribution in [2.24, 2.45) is 0 Å². The summed E-state index contributed by atoms with van der Waals surface area (Å²) in [5.74, 6) is 1.32. The third-order valence-corrected chi connectivity index (χ3v) is 3.13. The summed E-state index contributed by atoms with van der Waals surface area (Å²) in [6.45, 7) is 0.643. The largest absolute Gasteiger partial charge is 0.497 e. The Balaban J connectivity index is 2.47. The van der Waals surface area contributed by atoms with E-state index in [1.54, 1.807) is 19.1 Å². The first-order valence-electron chi connectivity index (χ1n) is 5.32. The minimum atomic E-state index is -0.0966. The molecule has 0 aromatic heterocycles. The van der Waals surface area contributed by atoms with E-state index < -0.39 is 0 Å². The van der Waals surface area contributed by atoms with Crippen molar-refractivity contribution in [3.05, 3.63) is 17.7 Å². The second kappa shape index (κ2) is 4.84. The molecule has 0 radical (unpaired) electrons. The highest BCUT2D eigenvalue weighted by Gasteiger charge is 2.27. The van der Waals surface area contributed by atoms with Crippen LogP contribution in [0.3, 0.4) is 0 Å². The molecule has 1 aliphatic rings. The quantitative estimate of drug-likeness (QED) is 0.774. The van der Waals surface area contributed by atoms with Crippen LogP contribution in [0.4, 0.5) is 5.69 Å². The van der Waals surface area contributed by atoms with Gasteiger partial charge in [0.05, 0.1) is 19.9 Å². The van der Waals surface area contributed by atoms with E-state index in [-0.39, 0.29) is 11.8 Å². The van der Waals surface area contributed by atoms with Gasteiger partial charge in [-0.3, -0.25) is 4.79 Å². The van der Waals surface area contributed by atoms with Gasteiger partial charge in [-0.2, -0.15) is 0 Å². The fraction of sp³-hybridized carbons (Fsp3) is 0.417. The Morgan fingerprint density at radius 1 is 1.41 bits per heavy atom. The predicted octanol–water partition coefficient (Wildman–Crippen LogP) is 1.83. The second-order valence-corrected chi connectivity index (χ2v) is 4.02. The molecule has 0 bridgehead atoms. The molecular formula is C12H14ClNO3. The number of ether oxygens (including phenoxy) is 2. The summed E-state index contributed by atoms with van der Waals surface area (Å²) >= 11 is 5.59. The summed E-state index contributed by atoms with van der Waals surface area (Å²) in [4.78, 5) is 13.4. The van der Waals surface area contributed by atoms with Crippen LogP contribution in [0.2, 0.25) is 0 Å². The molecule has 92 valence electrons. The Labute approximate surface area is 105 Å². The molecule has 1 aliphatic heterocycles. The molecule has 0 atom stereocenters. The Kier molecular flexibility index (Phi) is 3.43. The zero-order valence-electron chi connectivity index (χ0n) is 9.83. The van der Waals surface area contributed by atoms with Gasteiger partial charge in [0.25, 0.3) is 0 Å². The number of halogens is 1. The number of hydrogen-bond donors (Lipinski definition) is 0. The zero-order chi connectivity index (χ0) is 12.4. The lowest BCUT2D eigenvalue weighted by Crippen LogP contribution is -2.29. The number of methoxy groups -OCH3 is 2. The maximum absolute atomic E-state index is 11.7. The van der Waals surface area contributed by atoms with E-state index in [4.69, 9.17) is 21.1 Å². The maximum atomic E-state index is 11.7. The van der Waals surface area contributed by atoms with Gasteiger partial charge in [0, 0.05) is 24.2 Å². The van der Waals surface area contributed by atoms with E-state index in [2.05, 4.69) is 0 Å². The van der Waals surface area contributed by atoms with Crippen LogP contribution >= 0.6 is 11.6 Å². The van der Waals surface area contributed by atoms with Crippen molar-refractivity contribution in [1.82, 2.24) is 0 Å². The van der Waals surface area contributed by atoms with Crippen LogP contribution in [-0.4, -0.2) is 32.6 Å². The maximum Gasteiger partial charge on any atom is 0.241 e. The minimum absolute atomic E-state index is 0.0149. The van der Waals surface area contributed by atoms with Gasteiger partial charge in [-0.1, -0.05) is 0 Å². The van der Waals surface area contributed by atoms with Crippen molar-refractivity contribution in [2.45, 2.75) is 6.42 Å². The first kappa shape index (κ1) is 12.0. The molecule has 1 aromatic carbocycles. The monoisotopic (exact) mass is 255 g/mol. The highest BCUT2D eigenvalue weighted by atomic mass is 35.5. The van der Waals surface area contributed by atoms with E-state index >= 15 is 0 Å². The van der Waals surface area contributed by atoms with E-state index in [0.717, 1.165) is 23.4 Å². The number of benzene rings is 1. The van der Waals surface area contributed by atoms with Crippen LogP contribution in [0.25, 0.3) is 0 Å². The Morgan fingerprint density at radius 3 is 2.76 bits per heavy atom. The fourth-order valence-corrected chi connectivity index (χ4v) is 2.22.